The molecule has 1 aromatic rings. The van der Waals surface area contributed by atoms with Crippen LogP contribution >= 0.6 is 0 Å². The van der Waals surface area contributed by atoms with E-state index in [1.54, 1.807) is 4.90 Å². The van der Waals surface area contributed by atoms with Gasteiger partial charge in [-0.3, -0.25) is 9.59 Å². The van der Waals surface area contributed by atoms with E-state index in [0.717, 1.165) is 6.42 Å². The molecule has 1 aromatic carbocycles. The van der Waals surface area contributed by atoms with Crippen LogP contribution in [0.3, 0.4) is 0 Å². The minimum atomic E-state index is -0.880. The molecular weight excluding hydrogens is 262 g/mol. The predicted molar refractivity (Wildman–Crippen MR) is 68.5 cm³/mol. The van der Waals surface area contributed by atoms with Gasteiger partial charge in [0.1, 0.15) is 0 Å². The van der Waals surface area contributed by atoms with Crippen LogP contribution in [0.4, 0.5) is 0 Å². The molecule has 0 aliphatic carbocycles. The van der Waals surface area contributed by atoms with Gasteiger partial charge in [-0.05, 0) is 31.4 Å². The maximum atomic E-state index is 12.5. The number of phenolic OH excluding ortho intramolecular Hbond substituents is 2. The normalized spacial score (nSPS) is 27.8. The molecule has 2 bridgehead atoms. The number of carbonyl (C=O) groups is 2. The minimum absolute atomic E-state index is 0.0212. The lowest BCUT2D eigenvalue weighted by atomic mass is 9.89. The number of hydrogen-bond donors (Lipinski definition) is 3. The second-order valence-corrected chi connectivity index (χ2v) is 5.36. The van der Waals surface area contributed by atoms with Crippen LogP contribution in [0.15, 0.2) is 18.2 Å². The number of aromatic hydroxyl groups is 2. The lowest BCUT2D eigenvalue weighted by molar-refractivity contribution is -0.142. The number of amides is 1. The number of benzene rings is 1. The highest BCUT2D eigenvalue weighted by molar-refractivity contribution is 5.98. The van der Waals surface area contributed by atoms with E-state index in [1.165, 1.54) is 18.2 Å². The molecule has 2 saturated heterocycles. The molecule has 106 valence electrons. The molecule has 1 amide bonds. The van der Waals surface area contributed by atoms with Crippen molar-refractivity contribution in [3.63, 3.8) is 0 Å². The van der Waals surface area contributed by atoms with Gasteiger partial charge in [-0.15, -0.1) is 0 Å². The number of phenols is 2. The second kappa shape index (κ2) is 4.40. The van der Waals surface area contributed by atoms with Crippen molar-refractivity contribution in [3.8, 4) is 11.5 Å². The van der Waals surface area contributed by atoms with Crippen molar-refractivity contribution < 1.29 is 24.9 Å². The van der Waals surface area contributed by atoms with Crippen molar-refractivity contribution in [3.05, 3.63) is 23.8 Å². The third-order valence-corrected chi connectivity index (χ3v) is 4.33. The molecule has 2 aliphatic rings. The summed E-state index contributed by atoms with van der Waals surface area (Å²) in [7, 11) is 0. The number of nitrogens with zero attached hydrogens (tertiary/aromatic N) is 1. The monoisotopic (exact) mass is 277 g/mol. The van der Waals surface area contributed by atoms with Gasteiger partial charge in [-0.2, -0.15) is 0 Å². The summed E-state index contributed by atoms with van der Waals surface area (Å²) in [5.41, 5.74) is 0.0212. The Kier molecular flexibility index (Phi) is 2.81. The molecular formula is C14H15NO5. The van der Waals surface area contributed by atoms with E-state index in [4.69, 9.17) is 0 Å². The van der Waals surface area contributed by atoms with Crippen molar-refractivity contribution in [1.82, 2.24) is 4.90 Å². The molecule has 0 saturated carbocycles. The molecule has 3 rings (SSSR count). The van der Waals surface area contributed by atoms with E-state index >= 15 is 0 Å². The highest BCUT2D eigenvalue weighted by Crippen LogP contribution is 2.43. The van der Waals surface area contributed by atoms with Crippen LogP contribution in [0.5, 0.6) is 11.5 Å². The molecule has 0 radical (unpaired) electrons. The van der Waals surface area contributed by atoms with Crippen molar-refractivity contribution in [2.75, 3.05) is 0 Å². The number of fused-ring (bicyclic) bond motifs is 2. The summed E-state index contributed by atoms with van der Waals surface area (Å²) in [4.78, 5) is 25.3. The summed E-state index contributed by atoms with van der Waals surface area (Å²) in [6, 6.07) is 3.81. The standard InChI is InChI=1S/C14H15NO5/c16-11-3-1-2-8(12(11)17)13(18)15-7-4-5-10(15)9(6-7)14(19)20/h1-3,7,9-10,16-17H,4-6H2,(H,19,20). The Labute approximate surface area is 115 Å². The number of aliphatic carboxylic acids is 1. The quantitative estimate of drug-likeness (QED) is 0.705. The first kappa shape index (κ1) is 12.8. The number of rotatable bonds is 2. The van der Waals surface area contributed by atoms with Gasteiger partial charge in [-0.1, -0.05) is 6.07 Å². The molecule has 0 aromatic heterocycles. The van der Waals surface area contributed by atoms with Crippen molar-refractivity contribution in [1.29, 1.82) is 0 Å². The Morgan fingerprint density at radius 1 is 1.20 bits per heavy atom. The van der Waals surface area contributed by atoms with Gasteiger partial charge in [0.25, 0.3) is 5.91 Å². The number of carbonyl (C=O) groups excluding carboxylic acids is 1. The maximum absolute atomic E-state index is 12.5. The third kappa shape index (κ3) is 1.71. The van der Waals surface area contributed by atoms with Gasteiger partial charge in [0, 0.05) is 12.1 Å². The predicted octanol–water partition coefficient (Wildman–Crippen LogP) is 1.18. The van der Waals surface area contributed by atoms with Gasteiger partial charge >= 0.3 is 5.97 Å². The Balaban J connectivity index is 1.92. The molecule has 20 heavy (non-hydrogen) atoms. The molecule has 3 unspecified atom stereocenters. The summed E-state index contributed by atoms with van der Waals surface area (Å²) in [5.74, 6) is -2.62. The fourth-order valence-electron chi connectivity index (χ4n) is 3.41. The molecule has 2 fully saturated rings. The first-order valence-electron chi connectivity index (χ1n) is 6.57. The first-order valence-corrected chi connectivity index (χ1v) is 6.57. The zero-order valence-corrected chi connectivity index (χ0v) is 10.7. The number of carboxylic acids is 1. The smallest absolute Gasteiger partial charge is 0.308 e. The van der Waals surface area contributed by atoms with Crippen LogP contribution in [0, 0.1) is 5.92 Å². The van der Waals surface area contributed by atoms with Crippen LogP contribution < -0.4 is 0 Å². The molecule has 2 aliphatic heterocycles. The van der Waals surface area contributed by atoms with Crippen molar-refractivity contribution in [2.24, 2.45) is 5.92 Å². The fourth-order valence-corrected chi connectivity index (χ4v) is 3.41. The fraction of sp³-hybridized carbons (Fsp3) is 0.429. The minimum Gasteiger partial charge on any atom is -0.504 e. The highest BCUT2D eigenvalue weighted by Gasteiger charge is 2.51. The van der Waals surface area contributed by atoms with Crippen molar-refractivity contribution in [2.45, 2.75) is 31.3 Å². The Morgan fingerprint density at radius 2 is 1.95 bits per heavy atom. The van der Waals surface area contributed by atoms with Crippen LogP contribution in [0.25, 0.3) is 0 Å². The molecule has 3 N–H and O–H groups in total. The lowest BCUT2D eigenvalue weighted by Crippen LogP contribution is -2.37. The average molecular weight is 277 g/mol. The van der Waals surface area contributed by atoms with Gasteiger partial charge in [0.2, 0.25) is 0 Å². The van der Waals surface area contributed by atoms with Crippen LogP contribution in [0.2, 0.25) is 0 Å². The summed E-state index contributed by atoms with van der Waals surface area (Å²) in [6.45, 7) is 0. The highest BCUT2D eigenvalue weighted by atomic mass is 16.4. The Morgan fingerprint density at radius 3 is 2.60 bits per heavy atom. The summed E-state index contributed by atoms with van der Waals surface area (Å²) >= 11 is 0. The summed E-state index contributed by atoms with van der Waals surface area (Å²) < 4.78 is 0. The number of carboxylic acid groups (broad SMARTS) is 1. The van der Waals surface area contributed by atoms with E-state index in [1.807, 2.05) is 0 Å². The van der Waals surface area contributed by atoms with Gasteiger partial charge in [0.15, 0.2) is 11.5 Å². The van der Waals surface area contributed by atoms with Crippen LogP contribution in [0.1, 0.15) is 29.6 Å². The Bertz CT molecular complexity index is 585. The SMILES string of the molecule is O=C(O)C1CC2CCC1N2C(=O)c1cccc(O)c1O. The van der Waals surface area contributed by atoms with Crippen molar-refractivity contribution >= 4 is 11.9 Å². The molecule has 3 atom stereocenters. The zero-order valence-electron chi connectivity index (χ0n) is 10.7. The topological polar surface area (TPSA) is 98.1 Å². The average Bonchev–Trinajstić information content (AvgIpc) is 2.98. The molecule has 0 spiro atoms. The third-order valence-electron chi connectivity index (χ3n) is 4.33. The second-order valence-electron chi connectivity index (χ2n) is 5.36. The summed E-state index contributed by atoms with van der Waals surface area (Å²) in [6.07, 6.45) is 1.93. The van der Waals surface area contributed by atoms with Crippen LogP contribution in [-0.2, 0) is 4.79 Å². The first-order chi connectivity index (χ1) is 9.50. The van der Waals surface area contributed by atoms with Gasteiger partial charge in [-0.25, -0.2) is 0 Å². The molecule has 6 nitrogen and oxygen atoms in total. The van der Waals surface area contributed by atoms with E-state index in [9.17, 15) is 24.9 Å². The van der Waals surface area contributed by atoms with E-state index in [2.05, 4.69) is 0 Å². The number of para-hydroxylation sites is 1. The van der Waals surface area contributed by atoms with Gasteiger partial charge in [0.05, 0.1) is 11.5 Å². The lowest BCUT2D eigenvalue weighted by Gasteiger charge is -2.23. The molecule has 6 heteroatoms. The largest absolute Gasteiger partial charge is 0.504 e. The van der Waals surface area contributed by atoms with E-state index < -0.39 is 23.5 Å². The zero-order chi connectivity index (χ0) is 14.4. The maximum Gasteiger partial charge on any atom is 0.308 e. The Hall–Kier alpha value is -2.24. The van der Waals surface area contributed by atoms with E-state index in [0.29, 0.717) is 12.8 Å². The van der Waals surface area contributed by atoms with E-state index in [-0.39, 0.29) is 23.4 Å². The van der Waals surface area contributed by atoms with Crippen LogP contribution in [-0.4, -0.2) is 44.2 Å². The summed E-state index contributed by atoms with van der Waals surface area (Å²) in [5, 5.41) is 28.4. The number of hydrogen-bond acceptors (Lipinski definition) is 4. The van der Waals surface area contributed by atoms with Gasteiger partial charge < -0.3 is 20.2 Å². The molecule has 2 heterocycles.